The molecule has 1 aromatic heterocycles. The number of hydrogen-bond donors (Lipinski definition) is 0. The summed E-state index contributed by atoms with van der Waals surface area (Å²) in [5.41, 5.74) is -0.746. The second-order valence-electron chi connectivity index (χ2n) is 2.23. The number of rotatable bonds is 2. The molecule has 0 aliphatic heterocycles. The van der Waals surface area contributed by atoms with Crippen molar-refractivity contribution in [1.82, 2.24) is 4.98 Å². The molecule has 1 aromatic rings. The van der Waals surface area contributed by atoms with Crippen molar-refractivity contribution in [2.75, 3.05) is 0 Å². The predicted octanol–water partition coefficient (Wildman–Crippen LogP) is 3.55. The Kier molecular flexibility index (Phi) is 3.39. The van der Waals surface area contributed by atoms with Crippen molar-refractivity contribution in [2.45, 2.75) is 12.3 Å². The van der Waals surface area contributed by atoms with Crippen LogP contribution >= 0.6 is 23.2 Å². The Morgan fingerprint density at radius 2 is 2.08 bits per heavy atom. The zero-order valence-electron chi connectivity index (χ0n) is 6.20. The van der Waals surface area contributed by atoms with E-state index in [1.807, 2.05) is 0 Å². The molecule has 0 N–H and O–H groups in total. The van der Waals surface area contributed by atoms with Crippen molar-refractivity contribution in [3.8, 4) is 0 Å². The molecule has 0 saturated carbocycles. The van der Waals surface area contributed by atoms with Gasteiger partial charge in [-0.15, -0.1) is 11.6 Å². The lowest BCUT2D eigenvalue weighted by Gasteiger charge is -2.04. The highest BCUT2D eigenvalue weighted by molar-refractivity contribution is 6.32. The van der Waals surface area contributed by atoms with Gasteiger partial charge in [-0.2, -0.15) is 4.39 Å². The fourth-order valence-corrected chi connectivity index (χ4v) is 1.26. The molecule has 0 atom stereocenters. The lowest BCUT2D eigenvalue weighted by molar-refractivity contribution is 0.145. The molecule has 1 heterocycles. The molecule has 72 valence electrons. The van der Waals surface area contributed by atoms with E-state index in [1.165, 1.54) is 0 Å². The third-order valence-electron chi connectivity index (χ3n) is 1.39. The molecular formula is C7H4Cl2F3N. The largest absolute Gasteiger partial charge is 0.268 e. The fraction of sp³-hybridized carbons (Fsp3) is 0.286. The fourth-order valence-electron chi connectivity index (χ4n) is 0.763. The quantitative estimate of drug-likeness (QED) is 0.559. The number of nitrogens with zero attached hydrogens (tertiary/aromatic N) is 1. The van der Waals surface area contributed by atoms with Crippen LogP contribution in [0.2, 0.25) is 5.02 Å². The van der Waals surface area contributed by atoms with Gasteiger partial charge in [-0.3, -0.25) is 0 Å². The number of halogens is 5. The Morgan fingerprint density at radius 3 is 2.54 bits per heavy atom. The van der Waals surface area contributed by atoms with Crippen molar-refractivity contribution in [1.29, 1.82) is 0 Å². The lowest BCUT2D eigenvalue weighted by atomic mass is 10.2. The number of hydrogen-bond acceptors (Lipinski definition) is 1. The molecule has 0 saturated heterocycles. The highest BCUT2D eigenvalue weighted by Crippen LogP contribution is 2.26. The van der Waals surface area contributed by atoms with Gasteiger partial charge in [0.25, 0.3) is 6.43 Å². The van der Waals surface area contributed by atoms with Crippen LogP contribution in [0.5, 0.6) is 0 Å². The summed E-state index contributed by atoms with van der Waals surface area (Å²) < 4.78 is 36.9. The van der Waals surface area contributed by atoms with E-state index in [0.29, 0.717) is 0 Å². The molecule has 0 aliphatic carbocycles. The molecule has 0 aromatic carbocycles. The van der Waals surface area contributed by atoms with Gasteiger partial charge < -0.3 is 0 Å². The van der Waals surface area contributed by atoms with Crippen LogP contribution in [0.15, 0.2) is 6.07 Å². The van der Waals surface area contributed by atoms with Gasteiger partial charge in [0, 0.05) is 0 Å². The van der Waals surface area contributed by atoms with E-state index in [1.54, 1.807) is 0 Å². The predicted molar refractivity (Wildman–Crippen MR) is 43.7 cm³/mol. The first-order valence-corrected chi connectivity index (χ1v) is 4.16. The molecule has 0 radical (unpaired) electrons. The number of aromatic nitrogens is 1. The first-order valence-electron chi connectivity index (χ1n) is 3.25. The van der Waals surface area contributed by atoms with Crippen molar-refractivity contribution < 1.29 is 13.2 Å². The van der Waals surface area contributed by atoms with Crippen LogP contribution in [0.3, 0.4) is 0 Å². The molecule has 0 unspecified atom stereocenters. The summed E-state index contributed by atoms with van der Waals surface area (Å²) in [6.07, 6.45) is -2.92. The topological polar surface area (TPSA) is 12.9 Å². The Hall–Kier alpha value is -0.480. The normalized spacial score (nSPS) is 10.9. The molecule has 0 aliphatic rings. The summed E-state index contributed by atoms with van der Waals surface area (Å²) in [5.74, 6) is -1.34. The van der Waals surface area contributed by atoms with E-state index in [2.05, 4.69) is 4.98 Å². The Labute approximate surface area is 82.5 Å². The van der Waals surface area contributed by atoms with Crippen LogP contribution in [0, 0.1) is 5.95 Å². The Balaban J connectivity index is 3.20. The maximum Gasteiger partial charge on any atom is 0.268 e. The monoisotopic (exact) mass is 229 g/mol. The van der Waals surface area contributed by atoms with Gasteiger partial charge in [-0.1, -0.05) is 11.6 Å². The van der Waals surface area contributed by atoms with Gasteiger partial charge in [-0.25, -0.2) is 13.8 Å². The lowest BCUT2D eigenvalue weighted by Crippen LogP contribution is -1.98. The second kappa shape index (κ2) is 4.15. The molecule has 13 heavy (non-hydrogen) atoms. The second-order valence-corrected chi connectivity index (χ2v) is 2.91. The van der Waals surface area contributed by atoms with Gasteiger partial charge >= 0.3 is 0 Å². The molecule has 1 nitrogen and oxygen atoms in total. The standard InChI is InChI=1S/C7H4Cl2F3N/c8-2-5-4(9)1-3(6(10)11)7(12)13-5/h1,6H,2H2. The van der Waals surface area contributed by atoms with Gasteiger partial charge in [0.05, 0.1) is 22.2 Å². The van der Waals surface area contributed by atoms with Crippen molar-refractivity contribution in [2.24, 2.45) is 0 Å². The maximum absolute atomic E-state index is 12.8. The van der Waals surface area contributed by atoms with Gasteiger partial charge in [0.1, 0.15) is 0 Å². The maximum atomic E-state index is 12.8. The van der Waals surface area contributed by atoms with Crippen molar-refractivity contribution in [3.05, 3.63) is 28.3 Å². The van der Waals surface area contributed by atoms with E-state index in [-0.39, 0.29) is 16.6 Å². The molecule has 6 heteroatoms. The average molecular weight is 230 g/mol. The Morgan fingerprint density at radius 1 is 1.46 bits per heavy atom. The summed E-state index contributed by atoms with van der Waals surface area (Å²) in [5, 5.41) is -0.0494. The van der Waals surface area contributed by atoms with Crippen LogP contribution in [-0.2, 0) is 5.88 Å². The van der Waals surface area contributed by atoms with Crippen molar-refractivity contribution in [3.63, 3.8) is 0 Å². The summed E-state index contributed by atoms with van der Waals surface area (Å²) >= 11 is 10.8. The smallest absolute Gasteiger partial charge is 0.222 e. The van der Waals surface area contributed by atoms with Crippen LogP contribution in [0.4, 0.5) is 13.2 Å². The summed E-state index contributed by atoms with van der Waals surface area (Å²) in [7, 11) is 0. The summed E-state index contributed by atoms with van der Waals surface area (Å²) in [6, 6.07) is 0.840. The molecule has 0 fully saturated rings. The van der Waals surface area contributed by atoms with E-state index in [4.69, 9.17) is 23.2 Å². The minimum Gasteiger partial charge on any atom is -0.222 e. The summed E-state index contributed by atoms with van der Waals surface area (Å²) in [4.78, 5) is 3.20. The highest BCUT2D eigenvalue weighted by atomic mass is 35.5. The minimum absolute atomic E-state index is 0.0494. The molecule has 0 spiro atoms. The Bertz CT molecular complexity index is 317. The minimum atomic E-state index is -2.92. The zero-order valence-corrected chi connectivity index (χ0v) is 7.71. The van der Waals surface area contributed by atoms with Gasteiger partial charge in [0.15, 0.2) is 0 Å². The van der Waals surface area contributed by atoms with Crippen LogP contribution in [-0.4, -0.2) is 4.98 Å². The highest BCUT2D eigenvalue weighted by Gasteiger charge is 2.17. The first kappa shape index (κ1) is 10.6. The molecule has 1 rings (SSSR count). The first-order chi connectivity index (χ1) is 6.06. The molecule has 0 amide bonds. The summed E-state index contributed by atoms with van der Waals surface area (Å²) in [6.45, 7) is 0. The zero-order chi connectivity index (χ0) is 10.0. The molecular weight excluding hydrogens is 226 g/mol. The van der Waals surface area contributed by atoms with Gasteiger partial charge in [-0.05, 0) is 6.07 Å². The number of pyridine rings is 1. The SMILES string of the molecule is Fc1nc(CCl)c(Cl)cc1C(F)F. The van der Waals surface area contributed by atoms with Crippen molar-refractivity contribution >= 4 is 23.2 Å². The molecule has 0 bridgehead atoms. The van der Waals surface area contributed by atoms with E-state index in [9.17, 15) is 13.2 Å². The third-order valence-corrected chi connectivity index (χ3v) is 1.97. The average Bonchev–Trinajstić information content (AvgIpc) is 2.07. The number of alkyl halides is 3. The van der Waals surface area contributed by atoms with Crippen LogP contribution in [0.25, 0.3) is 0 Å². The van der Waals surface area contributed by atoms with Crippen LogP contribution < -0.4 is 0 Å². The van der Waals surface area contributed by atoms with E-state index < -0.39 is 17.9 Å². The third kappa shape index (κ3) is 2.25. The van der Waals surface area contributed by atoms with E-state index >= 15 is 0 Å². The van der Waals surface area contributed by atoms with E-state index in [0.717, 1.165) is 6.07 Å². The van der Waals surface area contributed by atoms with Gasteiger partial charge in [0.2, 0.25) is 5.95 Å². The van der Waals surface area contributed by atoms with Crippen LogP contribution in [0.1, 0.15) is 17.7 Å².